The molecule has 0 saturated heterocycles. The van der Waals surface area contributed by atoms with Crippen molar-refractivity contribution in [1.82, 2.24) is 14.9 Å². The molecule has 2 aromatic heterocycles. The largest absolute Gasteiger partial charge is 0.508 e. The normalized spacial score (nSPS) is 17.3. The molecule has 232 valence electrons. The van der Waals surface area contributed by atoms with E-state index in [-0.39, 0.29) is 55.0 Å². The first-order chi connectivity index (χ1) is 20.6. The summed E-state index contributed by atoms with van der Waals surface area (Å²) in [6, 6.07) is 6.71. The quantitative estimate of drug-likeness (QED) is 0.179. The second-order valence-corrected chi connectivity index (χ2v) is 17.0. The Labute approximate surface area is 255 Å². The number of phenolic OH excluding ortho intramolecular Hbond substituents is 1. The number of benzene rings is 1. The van der Waals surface area contributed by atoms with Gasteiger partial charge in [0, 0.05) is 23.1 Å². The molecule has 0 radical (unpaired) electrons. The van der Waals surface area contributed by atoms with Crippen LogP contribution in [0.4, 0.5) is 4.79 Å². The first kappa shape index (κ1) is 31.0. The van der Waals surface area contributed by atoms with Gasteiger partial charge in [-0.25, -0.2) is 14.6 Å². The number of ether oxygens (including phenoxy) is 3. The summed E-state index contributed by atoms with van der Waals surface area (Å²) in [4.78, 5) is 57.3. The summed E-state index contributed by atoms with van der Waals surface area (Å²) in [5.41, 5.74) is 2.15. The molecular formula is C32H37N3O8Si. The first-order valence-corrected chi connectivity index (χ1v) is 17.6. The third-order valence-corrected chi connectivity index (χ3v) is 11.0. The predicted octanol–water partition coefficient (Wildman–Crippen LogP) is 3.89. The second kappa shape index (κ2) is 10.9. The summed E-state index contributed by atoms with van der Waals surface area (Å²) in [5, 5.41) is 14.6. The van der Waals surface area contributed by atoms with E-state index in [0.29, 0.717) is 16.9 Å². The van der Waals surface area contributed by atoms with Gasteiger partial charge in [0.25, 0.3) is 5.56 Å². The minimum Gasteiger partial charge on any atom is -0.508 e. The molecule has 0 aliphatic carbocycles. The van der Waals surface area contributed by atoms with Gasteiger partial charge in [-0.2, -0.15) is 0 Å². The Morgan fingerprint density at radius 2 is 1.95 bits per heavy atom. The highest BCUT2D eigenvalue weighted by Crippen LogP contribution is 2.41. The number of nitrogens with one attached hydrogen (secondary N) is 1. The van der Waals surface area contributed by atoms with Crippen LogP contribution in [0.25, 0.3) is 22.3 Å². The third kappa shape index (κ3) is 5.27. The van der Waals surface area contributed by atoms with E-state index in [9.17, 15) is 24.3 Å². The van der Waals surface area contributed by atoms with Crippen molar-refractivity contribution in [3.63, 3.8) is 0 Å². The number of pyridine rings is 2. The number of hydrogen-bond donors (Lipinski definition) is 2. The molecule has 0 saturated carbocycles. The number of esters is 2. The van der Waals surface area contributed by atoms with Crippen LogP contribution < -0.4 is 16.1 Å². The summed E-state index contributed by atoms with van der Waals surface area (Å²) in [6.45, 7) is 15.1. The minimum absolute atomic E-state index is 0.0197. The average molecular weight is 620 g/mol. The molecule has 1 atom stereocenters. The van der Waals surface area contributed by atoms with Gasteiger partial charge in [0.15, 0.2) is 0 Å². The van der Waals surface area contributed by atoms with E-state index >= 15 is 0 Å². The lowest BCUT2D eigenvalue weighted by atomic mass is 9.85. The van der Waals surface area contributed by atoms with Crippen LogP contribution in [0, 0.1) is 0 Å². The molecule has 2 N–H and O–H groups in total. The molecule has 1 aromatic carbocycles. The number of rotatable bonds is 7. The number of hydrogen-bond acceptors (Lipinski definition) is 9. The van der Waals surface area contributed by atoms with Crippen LogP contribution in [0.1, 0.15) is 57.2 Å². The summed E-state index contributed by atoms with van der Waals surface area (Å²) in [6.07, 6.45) is -0.898. The summed E-state index contributed by atoms with van der Waals surface area (Å²) in [5.74, 6) is -1.41. The van der Waals surface area contributed by atoms with E-state index in [1.165, 1.54) is 0 Å². The number of alkyl carbamates (subject to hydrolysis) is 1. The highest BCUT2D eigenvalue weighted by atomic mass is 28.3. The number of aromatic hydroxyl groups is 1. The standard InChI is InChI=1S/C32H37N3O8Si/c1-8-32(42-25(37)12-13-33-30(40)43-31(3,4)5)22-15-24-26-20(16-35(24)28(38)21(22)17-41-29(32)39)27(44(6,7)9-2)19-14-18(36)10-11-23(19)34-26/h9-11,14-15,36H,2,8,12-13,16-17H2,1,3-7H3,(H,33,40)/t32-/m0/s1. The monoisotopic (exact) mass is 619 g/mol. The van der Waals surface area contributed by atoms with E-state index in [2.05, 4.69) is 25.0 Å². The van der Waals surface area contributed by atoms with Crippen LogP contribution in [0.5, 0.6) is 5.75 Å². The SMILES string of the molecule is C=C[Si](C)(C)c1c2c(nc3ccc(O)cc13)-c1cc3c(c(=O)n1C2)COC(=O)[C@@]3(CC)OC(=O)CCNC(=O)OC(C)(C)C. The molecule has 3 aromatic rings. The Morgan fingerprint density at radius 3 is 2.61 bits per heavy atom. The van der Waals surface area contributed by atoms with Gasteiger partial charge < -0.3 is 29.2 Å². The van der Waals surface area contributed by atoms with Crippen LogP contribution in [0.2, 0.25) is 13.1 Å². The summed E-state index contributed by atoms with van der Waals surface area (Å²) >= 11 is 0. The number of aromatic nitrogens is 2. The van der Waals surface area contributed by atoms with Crippen molar-refractivity contribution in [2.24, 2.45) is 0 Å². The number of nitrogens with zero attached hydrogens (tertiary/aromatic N) is 2. The number of carbonyl (C=O) groups is 3. The zero-order valence-electron chi connectivity index (χ0n) is 25.8. The van der Waals surface area contributed by atoms with E-state index < -0.39 is 37.3 Å². The molecular weight excluding hydrogens is 582 g/mol. The zero-order valence-corrected chi connectivity index (χ0v) is 26.8. The maximum Gasteiger partial charge on any atom is 0.407 e. The summed E-state index contributed by atoms with van der Waals surface area (Å²) < 4.78 is 18.1. The van der Waals surface area contributed by atoms with Crippen LogP contribution in [-0.4, -0.2) is 52.9 Å². The van der Waals surface area contributed by atoms with Gasteiger partial charge in [-0.1, -0.05) is 25.7 Å². The topological polar surface area (TPSA) is 146 Å². The van der Waals surface area contributed by atoms with Gasteiger partial charge in [-0.15, -0.1) is 6.58 Å². The number of phenols is 1. The van der Waals surface area contributed by atoms with Crippen LogP contribution >= 0.6 is 0 Å². The van der Waals surface area contributed by atoms with Gasteiger partial charge in [0.1, 0.15) is 26.0 Å². The minimum atomic E-state index is -2.28. The average Bonchev–Trinajstić information content (AvgIpc) is 3.30. The highest BCUT2D eigenvalue weighted by molar-refractivity contribution is 6.95. The number of amides is 1. The number of cyclic esters (lactones) is 1. The smallest absolute Gasteiger partial charge is 0.407 e. The van der Waals surface area contributed by atoms with Crippen molar-refractivity contribution in [2.45, 2.75) is 78.0 Å². The fourth-order valence-electron chi connectivity index (χ4n) is 5.89. The lowest BCUT2D eigenvalue weighted by molar-refractivity contribution is -0.189. The Morgan fingerprint density at radius 1 is 1.23 bits per heavy atom. The molecule has 44 heavy (non-hydrogen) atoms. The zero-order chi connectivity index (χ0) is 32.2. The maximum atomic E-state index is 14.0. The van der Waals surface area contributed by atoms with Gasteiger partial charge in [-0.3, -0.25) is 9.59 Å². The molecule has 12 heteroatoms. The van der Waals surface area contributed by atoms with Gasteiger partial charge >= 0.3 is 18.0 Å². The van der Waals surface area contributed by atoms with Crippen molar-refractivity contribution in [3.8, 4) is 17.1 Å². The van der Waals surface area contributed by atoms with Crippen molar-refractivity contribution >= 4 is 42.2 Å². The van der Waals surface area contributed by atoms with E-state index in [4.69, 9.17) is 19.2 Å². The Balaban J connectivity index is 1.57. The van der Waals surface area contributed by atoms with Gasteiger partial charge in [0.2, 0.25) is 5.60 Å². The van der Waals surface area contributed by atoms with Crippen LogP contribution in [-0.2, 0) is 42.6 Å². The molecule has 0 bridgehead atoms. The molecule has 5 rings (SSSR count). The van der Waals surface area contributed by atoms with Gasteiger partial charge in [-0.05, 0) is 56.6 Å². The molecule has 11 nitrogen and oxygen atoms in total. The predicted molar refractivity (Wildman–Crippen MR) is 166 cm³/mol. The third-order valence-electron chi connectivity index (χ3n) is 8.08. The van der Waals surface area contributed by atoms with E-state index in [1.807, 2.05) is 5.70 Å². The number of fused-ring (bicyclic) bond motifs is 5. The second-order valence-electron chi connectivity index (χ2n) is 12.7. The fourth-order valence-corrected chi connectivity index (χ4v) is 7.96. The molecule has 2 aliphatic heterocycles. The Kier molecular flexibility index (Phi) is 7.69. The van der Waals surface area contributed by atoms with Crippen molar-refractivity contribution in [1.29, 1.82) is 0 Å². The van der Waals surface area contributed by atoms with Crippen LogP contribution in [0.3, 0.4) is 0 Å². The highest BCUT2D eigenvalue weighted by Gasteiger charge is 2.50. The lowest BCUT2D eigenvalue weighted by Gasteiger charge is -2.35. The molecule has 0 spiro atoms. The Bertz CT molecular complexity index is 1790. The number of carbonyl (C=O) groups excluding carboxylic acids is 3. The van der Waals surface area contributed by atoms with Crippen molar-refractivity contribution in [2.75, 3.05) is 6.54 Å². The lowest BCUT2D eigenvalue weighted by Crippen LogP contribution is -2.47. The van der Waals surface area contributed by atoms with Crippen molar-refractivity contribution < 1.29 is 33.7 Å². The van der Waals surface area contributed by atoms with E-state index in [1.54, 1.807) is 56.5 Å². The Hall–Kier alpha value is -4.45. The molecule has 0 unspecified atom stereocenters. The molecule has 1 amide bonds. The van der Waals surface area contributed by atoms with Gasteiger partial charge in [0.05, 0.1) is 35.4 Å². The summed E-state index contributed by atoms with van der Waals surface area (Å²) in [7, 11) is -2.28. The van der Waals surface area contributed by atoms with E-state index in [0.717, 1.165) is 16.1 Å². The van der Waals surface area contributed by atoms with Crippen molar-refractivity contribution in [3.05, 3.63) is 63.6 Å². The fraction of sp³-hybridized carbons (Fsp3) is 0.406. The molecule has 2 aliphatic rings. The molecule has 0 fully saturated rings. The maximum absolute atomic E-state index is 14.0. The van der Waals surface area contributed by atoms with Crippen LogP contribution in [0.15, 0.2) is 41.3 Å². The first-order valence-electron chi connectivity index (χ1n) is 14.5. The molecule has 4 heterocycles.